The Balaban J connectivity index is 2.07. The van der Waals surface area contributed by atoms with Gasteiger partial charge >= 0.3 is 0 Å². The number of hydrogen-bond donors (Lipinski definition) is 2. The molecule has 1 saturated carbocycles. The summed E-state index contributed by atoms with van der Waals surface area (Å²) in [5.41, 5.74) is 5.06. The average Bonchev–Trinajstić information content (AvgIpc) is 3.20. The van der Waals surface area contributed by atoms with E-state index < -0.39 is 5.54 Å². The molecule has 2 rings (SSSR count). The van der Waals surface area contributed by atoms with Crippen molar-refractivity contribution in [2.24, 2.45) is 11.7 Å². The van der Waals surface area contributed by atoms with Crippen LogP contribution in [-0.2, 0) is 4.79 Å². The molecule has 18 heavy (non-hydrogen) atoms. The molecule has 0 bridgehead atoms. The maximum Gasteiger partial charge on any atom is 0.238 e. The first-order valence-electron chi connectivity index (χ1n) is 6.28. The van der Waals surface area contributed by atoms with Crippen LogP contribution in [0.1, 0.15) is 19.8 Å². The first-order valence-corrected chi connectivity index (χ1v) is 7.26. The number of carbonyl (C=O) groups excluding carboxylic acids is 1. The quantitative estimate of drug-likeness (QED) is 0.732. The van der Waals surface area contributed by atoms with Crippen LogP contribution in [0.3, 0.4) is 0 Å². The standard InChI is InChI=1S/C13H19N3OS/c1-2-16-13(12(14)17,10-6-7-10)9-18-11-5-3-4-8-15-11/h3-5,8,10,16H,2,6-7,9H2,1H3,(H2,14,17). The van der Waals surface area contributed by atoms with Crippen LogP contribution in [0.2, 0.25) is 0 Å². The number of thioether (sulfide) groups is 1. The fourth-order valence-corrected chi connectivity index (χ4v) is 3.35. The van der Waals surface area contributed by atoms with Gasteiger partial charge in [0, 0.05) is 11.9 Å². The molecule has 98 valence electrons. The average molecular weight is 265 g/mol. The topological polar surface area (TPSA) is 68.0 Å². The monoisotopic (exact) mass is 265 g/mol. The van der Waals surface area contributed by atoms with Gasteiger partial charge < -0.3 is 11.1 Å². The van der Waals surface area contributed by atoms with E-state index in [0.29, 0.717) is 11.7 Å². The molecule has 0 aliphatic heterocycles. The summed E-state index contributed by atoms with van der Waals surface area (Å²) in [5, 5.41) is 4.24. The third-order valence-corrected chi connectivity index (χ3v) is 4.43. The Morgan fingerprint density at radius 2 is 2.39 bits per heavy atom. The highest BCUT2D eigenvalue weighted by Gasteiger charge is 2.49. The molecule has 3 N–H and O–H groups in total. The van der Waals surface area contributed by atoms with E-state index in [-0.39, 0.29) is 5.91 Å². The molecule has 1 fully saturated rings. The maximum atomic E-state index is 11.8. The minimum absolute atomic E-state index is 0.240. The zero-order valence-electron chi connectivity index (χ0n) is 10.6. The second kappa shape index (κ2) is 5.71. The SMILES string of the molecule is CCNC(CSc1ccccn1)(C(N)=O)C1CC1. The van der Waals surface area contributed by atoms with Gasteiger partial charge in [-0.1, -0.05) is 13.0 Å². The molecule has 0 aromatic carbocycles. The highest BCUT2D eigenvalue weighted by Crippen LogP contribution is 2.42. The number of rotatable bonds is 7. The number of carbonyl (C=O) groups is 1. The second-order valence-corrected chi connectivity index (χ2v) is 5.59. The lowest BCUT2D eigenvalue weighted by Gasteiger charge is -2.31. The van der Waals surface area contributed by atoms with Gasteiger partial charge in [-0.05, 0) is 37.4 Å². The molecule has 1 aromatic rings. The Kier molecular flexibility index (Phi) is 4.24. The van der Waals surface area contributed by atoms with E-state index in [2.05, 4.69) is 10.3 Å². The van der Waals surface area contributed by atoms with Crippen molar-refractivity contribution in [1.82, 2.24) is 10.3 Å². The minimum atomic E-state index is -0.572. The molecule has 5 heteroatoms. The molecule has 1 heterocycles. The predicted octanol–water partition coefficient (Wildman–Crippen LogP) is 1.42. The van der Waals surface area contributed by atoms with Crippen molar-refractivity contribution in [1.29, 1.82) is 0 Å². The van der Waals surface area contributed by atoms with Gasteiger partial charge in [0.15, 0.2) is 0 Å². The molecule has 0 radical (unpaired) electrons. The van der Waals surface area contributed by atoms with Crippen molar-refractivity contribution in [3.8, 4) is 0 Å². The number of pyridine rings is 1. The van der Waals surface area contributed by atoms with E-state index >= 15 is 0 Å². The summed E-state index contributed by atoms with van der Waals surface area (Å²) in [6, 6.07) is 5.79. The third-order valence-electron chi connectivity index (χ3n) is 3.29. The summed E-state index contributed by atoms with van der Waals surface area (Å²) in [7, 11) is 0. The van der Waals surface area contributed by atoms with E-state index in [1.54, 1.807) is 18.0 Å². The van der Waals surface area contributed by atoms with Crippen LogP contribution in [0.5, 0.6) is 0 Å². The first kappa shape index (κ1) is 13.4. The molecule has 1 amide bonds. The van der Waals surface area contributed by atoms with Crippen molar-refractivity contribution in [3.63, 3.8) is 0 Å². The summed E-state index contributed by atoms with van der Waals surface area (Å²) in [5.74, 6) is 0.791. The summed E-state index contributed by atoms with van der Waals surface area (Å²) in [6.45, 7) is 2.76. The number of hydrogen-bond acceptors (Lipinski definition) is 4. The first-order chi connectivity index (χ1) is 8.69. The van der Waals surface area contributed by atoms with Crippen molar-refractivity contribution < 1.29 is 4.79 Å². The van der Waals surface area contributed by atoms with Gasteiger partial charge in [-0.2, -0.15) is 0 Å². The number of nitrogens with zero attached hydrogens (tertiary/aromatic N) is 1. The number of primary amides is 1. The second-order valence-electron chi connectivity index (χ2n) is 4.60. The zero-order chi connectivity index (χ0) is 13.0. The number of nitrogens with one attached hydrogen (secondary N) is 1. The van der Waals surface area contributed by atoms with E-state index in [1.807, 2.05) is 25.1 Å². The number of nitrogens with two attached hydrogens (primary N) is 1. The lowest BCUT2D eigenvalue weighted by molar-refractivity contribution is -0.124. The Bertz CT molecular complexity index is 408. The van der Waals surface area contributed by atoms with Crippen molar-refractivity contribution >= 4 is 17.7 Å². The van der Waals surface area contributed by atoms with Crippen LogP contribution in [0.4, 0.5) is 0 Å². The Hall–Kier alpha value is -1.07. The van der Waals surface area contributed by atoms with Crippen LogP contribution >= 0.6 is 11.8 Å². The minimum Gasteiger partial charge on any atom is -0.368 e. The van der Waals surface area contributed by atoms with E-state index in [4.69, 9.17) is 5.73 Å². The van der Waals surface area contributed by atoms with Gasteiger partial charge in [-0.15, -0.1) is 11.8 Å². The van der Waals surface area contributed by atoms with Crippen LogP contribution in [0, 0.1) is 5.92 Å². The van der Waals surface area contributed by atoms with Crippen LogP contribution < -0.4 is 11.1 Å². The number of likely N-dealkylation sites (N-methyl/N-ethyl adjacent to an activating group) is 1. The Labute approximate surface area is 112 Å². The van der Waals surface area contributed by atoms with Gasteiger partial charge in [0.2, 0.25) is 5.91 Å². The molecule has 1 unspecified atom stereocenters. The zero-order valence-corrected chi connectivity index (χ0v) is 11.4. The van der Waals surface area contributed by atoms with Crippen molar-refractivity contribution in [2.75, 3.05) is 12.3 Å². The van der Waals surface area contributed by atoms with E-state index in [1.165, 1.54) is 0 Å². The third kappa shape index (κ3) is 2.84. The lowest BCUT2D eigenvalue weighted by Crippen LogP contribution is -2.59. The highest BCUT2D eigenvalue weighted by atomic mass is 32.2. The van der Waals surface area contributed by atoms with E-state index in [0.717, 1.165) is 24.4 Å². The summed E-state index contributed by atoms with van der Waals surface area (Å²) in [4.78, 5) is 16.1. The van der Waals surface area contributed by atoms with Crippen molar-refractivity contribution in [2.45, 2.75) is 30.3 Å². The molecular weight excluding hydrogens is 246 g/mol. The number of aromatic nitrogens is 1. The van der Waals surface area contributed by atoms with Gasteiger partial charge in [0.1, 0.15) is 5.54 Å². The fourth-order valence-electron chi connectivity index (χ4n) is 2.18. The summed E-state index contributed by atoms with van der Waals surface area (Å²) < 4.78 is 0. The molecular formula is C13H19N3OS. The molecule has 0 saturated heterocycles. The molecule has 1 aromatic heterocycles. The van der Waals surface area contributed by atoms with Gasteiger partial charge in [-0.25, -0.2) is 4.98 Å². The maximum absolute atomic E-state index is 11.8. The molecule has 0 spiro atoms. The van der Waals surface area contributed by atoms with Crippen LogP contribution in [0.15, 0.2) is 29.4 Å². The Morgan fingerprint density at radius 3 is 2.89 bits per heavy atom. The molecule has 1 atom stereocenters. The fraction of sp³-hybridized carbons (Fsp3) is 0.538. The van der Waals surface area contributed by atoms with Crippen LogP contribution in [-0.4, -0.2) is 28.7 Å². The molecule has 1 aliphatic carbocycles. The van der Waals surface area contributed by atoms with Crippen LogP contribution in [0.25, 0.3) is 0 Å². The Morgan fingerprint density at radius 1 is 1.61 bits per heavy atom. The van der Waals surface area contributed by atoms with E-state index in [9.17, 15) is 4.79 Å². The highest BCUT2D eigenvalue weighted by molar-refractivity contribution is 7.99. The molecule has 1 aliphatic rings. The lowest BCUT2D eigenvalue weighted by atomic mass is 9.94. The smallest absolute Gasteiger partial charge is 0.238 e. The predicted molar refractivity (Wildman–Crippen MR) is 73.3 cm³/mol. The van der Waals surface area contributed by atoms with Gasteiger partial charge in [0.05, 0.1) is 5.03 Å². The summed E-state index contributed by atoms with van der Waals surface area (Å²) >= 11 is 1.59. The normalized spacial score (nSPS) is 18.3. The van der Waals surface area contributed by atoms with Gasteiger partial charge in [0.25, 0.3) is 0 Å². The molecule has 4 nitrogen and oxygen atoms in total. The van der Waals surface area contributed by atoms with Crippen molar-refractivity contribution in [3.05, 3.63) is 24.4 Å². The summed E-state index contributed by atoms with van der Waals surface area (Å²) in [6.07, 6.45) is 3.93. The largest absolute Gasteiger partial charge is 0.368 e. The van der Waals surface area contributed by atoms with Gasteiger partial charge in [-0.3, -0.25) is 4.79 Å². The number of amides is 1.